The molecule has 0 aliphatic carbocycles. The number of carbonyl (C=O) groups is 4. The summed E-state index contributed by atoms with van der Waals surface area (Å²) in [6.45, 7) is 4.63. The predicted molar refractivity (Wildman–Crippen MR) is 85.8 cm³/mol. The molecule has 6 amide bonds. The van der Waals surface area contributed by atoms with Crippen molar-refractivity contribution in [2.45, 2.75) is 12.5 Å². The van der Waals surface area contributed by atoms with Crippen molar-refractivity contribution < 1.29 is 19.2 Å². The van der Waals surface area contributed by atoms with Crippen molar-refractivity contribution in [1.29, 1.82) is 0 Å². The Bertz CT molecular complexity index is 689. The Hall–Kier alpha value is -3.16. The average Bonchev–Trinajstić information content (AvgIpc) is 2.78. The third-order valence-electron chi connectivity index (χ3n) is 3.59. The molecular weight excluding hydrogens is 312 g/mol. The molecule has 1 saturated heterocycles. The highest BCUT2D eigenvalue weighted by atomic mass is 16.2. The van der Waals surface area contributed by atoms with Gasteiger partial charge in [-0.15, -0.1) is 6.58 Å². The van der Waals surface area contributed by atoms with E-state index in [4.69, 9.17) is 0 Å². The van der Waals surface area contributed by atoms with Crippen LogP contribution in [0.4, 0.5) is 9.59 Å². The van der Waals surface area contributed by atoms with Crippen molar-refractivity contribution in [3.63, 3.8) is 0 Å². The summed E-state index contributed by atoms with van der Waals surface area (Å²) in [6.07, 6.45) is 1.45. The molecule has 8 nitrogen and oxygen atoms in total. The van der Waals surface area contributed by atoms with Crippen LogP contribution in [-0.4, -0.2) is 41.9 Å². The molecular formula is C16H18N4O4. The zero-order valence-electron chi connectivity index (χ0n) is 13.2. The Kier molecular flexibility index (Phi) is 4.98. The van der Waals surface area contributed by atoms with Crippen LogP contribution in [0.15, 0.2) is 43.0 Å². The maximum Gasteiger partial charge on any atom is 0.325 e. The minimum Gasteiger partial charge on any atom is -0.334 e. The fourth-order valence-electron chi connectivity index (χ4n) is 2.33. The fourth-order valence-corrected chi connectivity index (χ4v) is 2.33. The number of nitrogens with one attached hydrogen (secondary N) is 3. The van der Waals surface area contributed by atoms with Crippen LogP contribution >= 0.6 is 0 Å². The third kappa shape index (κ3) is 3.43. The van der Waals surface area contributed by atoms with Crippen molar-refractivity contribution in [3.05, 3.63) is 48.6 Å². The van der Waals surface area contributed by atoms with E-state index in [2.05, 4.69) is 17.2 Å². The Morgan fingerprint density at radius 2 is 1.96 bits per heavy atom. The molecule has 0 aromatic heterocycles. The standard InChI is InChI=1S/C16H18N4O4/c1-3-9-17-14(23)18-12(21)10-20-13(22)16(2,19-15(20)24)11-7-5-4-6-8-11/h3-8H,1,9-10H2,2H3,(H,19,24)(H2,17,18,21,23)/t16-/m1/s1. The lowest BCUT2D eigenvalue weighted by molar-refractivity contribution is -0.134. The Morgan fingerprint density at radius 3 is 2.58 bits per heavy atom. The van der Waals surface area contributed by atoms with Gasteiger partial charge < -0.3 is 10.6 Å². The number of amides is 6. The van der Waals surface area contributed by atoms with Gasteiger partial charge in [-0.05, 0) is 12.5 Å². The molecule has 0 radical (unpaired) electrons. The van der Waals surface area contributed by atoms with Gasteiger partial charge in [0.2, 0.25) is 5.91 Å². The number of rotatable bonds is 5. The van der Waals surface area contributed by atoms with E-state index in [1.165, 1.54) is 6.08 Å². The van der Waals surface area contributed by atoms with Gasteiger partial charge in [0.15, 0.2) is 0 Å². The van der Waals surface area contributed by atoms with Crippen LogP contribution in [0.25, 0.3) is 0 Å². The summed E-state index contributed by atoms with van der Waals surface area (Å²) in [5, 5.41) is 6.98. The third-order valence-corrected chi connectivity index (χ3v) is 3.59. The Labute approximate surface area is 138 Å². The summed E-state index contributed by atoms with van der Waals surface area (Å²) in [7, 11) is 0. The lowest BCUT2D eigenvalue weighted by Gasteiger charge is -2.22. The lowest BCUT2D eigenvalue weighted by Crippen LogP contribution is -2.46. The van der Waals surface area contributed by atoms with Crippen LogP contribution in [0.5, 0.6) is 0 Å². The second-order valence-corrected chi connectivity index (χ2v) is 5.36. The zero-order valence-corrected chi connectivity index (χ0v) is 13.2. The van der Waals surface area contributed by atoms with Gasteiger partial charge in [0.1, 0.15) is 12.1 Å². The summed E-state index contributed by atoms with van der Waals surface area (Å²) in [5.41, 5.74) is -0.640. The first-order valence-electron chi connectivity index (χ1n) is 7.26. The van der Waals surface area contributed by atoms with Crippen LogP contribution in [0.3, 0.4) is 0 Å². The second kappa shape index (κ2) is 6.95. The molecule has 1 aliphatic heterocycles. The van der Waals surface area contributed by atoms with Crippen molar-refractivity contribution in [3.8, 4) is 0 Å². The van der Waals surface area contributed by atoms with E-state index in [1.54, 1.807) is 37.3 Å². The number of nitrogens with zero attached hydrogens (tertiary/aromatic N) is 1. The minimum absolute atomic E-state index is 0.189. The molecule has 1 heterocycles. The molecule has 0 bridgehead atoms. The maximum absolute atomic E-state index is 12.6. The topological polar surface area (TPSA) is 108 Å². The first kappa shape index (κ1) is 17.2. The molecule has 0 saturated carbocycles. The summed E-state index contributed by atoms with van der Waals surface area (Å²) < 4.78 is 0. The smallest absolute Gasteiger partial charge is 0.325 e. The molecule has 1 aromatic rings. The Morgan fingerprint density at radius 1 is 1.29 bits per heavy atom. The van der Waals surface area contributed by atoms with E-state index in [0.717, 1.165) is 4.90 Å². The quantitative estimate of drug-likeness (QED) is 0.538. The summed E-state index contributed by atoms with van der Waals surface area (Å²) in [4.78, 5) is 48.7. The number of urea groups is 2. The van der Waals surface area contributed by atoms with Gasteiger partial charge in [0.25, 0.3) is 5.91 Å². The summed E-state index contributed by atoms with van der Waals surface area (Å²) in [5.74, 6) is -1.32. The number of carbonyl (C=O) groups excluding carboxylic acids is 4. The van der Waals surface area contributed by atoms with Crippen molar-refractivity contribution in [2.24, 2.45) is 0 Å². The van der Waals surface area contributed by atoms with Crippen LogP contribution in [0.1, 0.15) is 12.5 Å². The van der Waals surface area contributed by atoms with Gasteiger partial charge in [0.05, 0.1) is 0 Å². The zero-order chi connectivity index (χ0) is 17.7. The summed E-state index contributed by atoms with van der Waals surface area (Å²) >= 11 is 0. The van der Waals surface area contributed by atoms with Crippen LogP contribution < -0.4 is 16.0 Å². The normalized spacial score (nSPS) is 19.6. The van der Waals surface area contributed by atoms with Gasteiger partial charge in [-0.25, -0.2) is 9.59 Å². The number of benzene rings is 1. The molecule has 8 heteroatoms. The molecule has 1 atom stereocenters. The minimum atomic E-state index is -1.25. The predicted octanol–water partition coefficient (Wildman–Crippen LogP) is 0.465. The number of imide groups is 2. The molecule has 0 unspecified atom stereocenters. The monoisotopic (exact) mass is 330 g/mol. The lowest BCUT2D eigenvalue weighted by atomic mass is 9.92. The maximum atomic E-state index is 12.6. The van der Waals surface area contributed by atoms with Gasteiger partial charge in [0, 0.05) is 6.54 Å². The largest absolute Gasteiger partial charge is 0.334 e. The van der Waals surface area contributed by atoms with E-state index in [1.807, 2.05) is 5.32 Å². The molecule has 2 rings (SSSR count). The van der Waals surface area contributed by atoms with Gasteiger partial charge >= 0.3 is 12.1 Å². The van der Waals surface area contributed by atoms with Crippen LogP contribution in [0.2, 0.25) is 0 Å². The van der Waals surface area contributed by atoms with E-state index in [9.17, 15) is 19.2 Å². The molecule has 1 fully saturated rings. The van der Waals surface area contributed by atoms with E-state index >= 15 is 0 Å². The Balaban J connectivity index is 2.06. The van der Waals surface area contributed by atoms with Gasteiger partial charge in [-0.1, -0.05) is 36.4 Å². The first-order valence-corrected chi connectivity index (χ1v) is 7.26. The molecule has 3 N–H and O–H groups in total. The van der Waals surface area contributed by atoms with Crippen molar-refractivity contribution >= 4 is 23.9 Å². The molecule has 1 aromatic carbocycles. The first-order chi connectivity index (χ1) is 11.4. The van der Waals surface area contributed by atoms with Crippen LogP contribution in [0, 0.1) is 0 Å². The fraction of sp³-hybridized carbons (Fsp3) is 0.250. The second-order valence-electron chi connectivity index (χ2n) is 5.36. The van der Waals surface area contributed by atoms with Crippen molar-refractivity contribution in [1.82, 2.24) is 20.9 Å². The summed E-state index contributed by atoms with van der Waals surface area (Å²) in [6, 6.07) is 7.31. The average molecular weight is 330 g/mol. The molecule has 126 valence electrons. The van der Waals surface area contributed by atoms with Gasteiger partial charge in [-0.3, -0.25) is 19.8 Å². The highest BCUT2D eigenvalue weighted by Crippen LogP contribution is 2.28. The SMILES string of the molecule is C=CCNC(=O)NC(=O)CN1C(=O)N[C@](C)(c2ccccc2)C1=O. The molecule has 0 spiro atoms. The number of hydrogen-bond acceptors (Lipinski definition) is 4. The van der Waals surface area contributed by atoms with Crippen LogP contribution in [-0.2, 0) is 15.1 Å². The van der Waals surface area contributed by atoms with E-state index in [-0.39, 0.29) is 6.54 Å². The van der Waals surface area contributed by atoms with Crippen molar-refractivity contribution in [2.75, 3.05) is 13.1 Å². The van der Waals surface area contributed by atoms with E-state index < -0.39 is 36.0 Å². The molecule has 24 heavy (non-hydrogen) atoms. The highest BCUT2D eigenvalue weighted by Gasteiger charge is 2.49. The highest BCUT2D eigenvalue weighted by molar-refractivity contribution is 6.10. The molecule has 1 aliphatic rings. The van der Waals surface area contributed by atoms with Gasteiger partial charge in [-0.2, -0.15) is 0 Å². The number of hydrogen-bond donors (Lipinski definition) is 3. The van der Waals surface area contributed by atoms with E-state index in [0.29, 0.717) is 5.56 Å².